The molecule has 0 aromatic heterocycles. The van der Waals surface area contributed by atoms with Crippen LogP contribution in [-0.4, -0.2) is 10.8 Å². The summed E-state index contributed by atoms with van der Waals surface area (Å²) >= 11 is 0. The van der Waals surface area contributed by atoms with Gasteiger partial charge in [0.25, 0.3) is 0 Å². The summed E-state index contributed by atoms with van der Waals surface area (Å²) in [6, 6.07) is 12.2. The molecular formula is C16H15F3O2S. The molecule has 0 fully saturated rings. The van der Waals surface area contributed by atoms with Gasteiger partial charge in [-0.05, 0) is 30.7 Å². The number of rotatable bonds is 6. The van der Waals surface area contributed by atoms with Crippen molar-refractivity contribution < 1.29 is 22.1 Å². The van der Waals surface area contributed by atoms with Crippen molar-refractivity contribution in [2.75, 3.05) is 0 Å². The summed E-state index contributed by atoms with van der Waals surface area (Å²) in [7, 11) is -1.38. The van der Waals surface area contributed by atoms with Crippen LogP contribution in [0.3, 0.4) is 0 Å². The molecule has 2 unspecified atom stereocenters. The molecule has 6 heteroatoms. The van der Waals surface area contributed by atoms with E-state index in [9.17, 15) is 17.4 Å². The molecule has 0 bridgehead atoms. The fourth-order valence-electron chi connectivity index (χ4n) is 2.05. The van der Waals surface area contributed by atoms with Crippen LogP contribution in [0.15, 0.2) is 48.5 Å². The van der Waals surface area contributed by atoms with E-state index < -0.39 is 28.5 Å². The van der Waals surface area contributed by atoms with E-state index >= 15 is 0 Å². The second-order valence-corrected chi connectivity index (χ2v) is 6.47. The van der Waals surface area contributed by atoms with E-state index in [-0.39, 0.29) is 11.5 Å². The number of hydrogen-bond donors (Lipinski definition) is 0. The predicted molar refractivity (Wildman–Crippen MR) is 79.7 cm³/mol. The Balaban J connectivity index is 2.10. The molecule has 0 aliphatic rings. The van der Waals surface area contributed by atoms with Gasteiger partial charge in [-0.15, -0.1) is 0 Å². The third kappa shape index (κ3) is 4.34. The second kappa shape index (κ2) is 7.45. The molecule has 2 rings (SSSR count). The first-order chi connectivity index (χ1) is 10.5. The van der Waals surface area contributed by atoms with Gasteiger partial charge in [0.2, 0.25) is 0 Å². The lowest BCUT2D eigenvalue weighted by molar-refractivity contribution is -0.0498. The molecule has 0 amide bonds. The molecule has 118 valence electrons. The summed E-state index contributed by atoms with van der Waals surface area (Å²) in [6.45, 7) is -1.23. The Kier molecular flexibility index (Phi) is 5.60. The molecular weight excluding hydrogens is 313 g/mol. The zero-order chi connectivity index (χ0) is 16.1. The zero-order valence-corrected chi connectivity index (χ0v) is 12.7. The van der Waals surface area contributed by atoms with Crippen LogP contribution in [0.4, 0.5) is 13.2 Å². The number of benzene rings is 2. The lowest BCUT2D eigenvalue weighted by atomic mass is 10.1. The fraction of sp³-hybridized carbons (Fsp3) is 0.250. The smallest absolute Gasteiger partial charge is 0.387 e. The summed E-state index contributed by atoms with van der Waals surface area (Å²) < 4.78 is 54.7. The molecule has 0 saturated heterocycles. The van der Waals surface area contributed by atoms with Gasteiger partial charge in [0.15, 0.2) is 0 Å². The van der Waals surface area contributed by atoms with Crippen molar-refractivity contribution in [3.05, 3.63) is 65.5 Å². The number of hydrogen-bond acceptors (Lipinski definition) is 2. The first-order valence-electron chi connectivity index (χ1n) is 6.62. The Bertz CT molecular complexity index is 661. The van der Waals surface area contributed by atoms with Gasteiger partial charge in [-0.1, -0.05) is 30.3 Å². The van der Waals surface area contributed by atoms with Crippen LogP contribution in [0, 0.1) is 5.82 Å². The highest BCUT2D eigenvalue weighted by Crippen LogP contribution is 2.25. The highest BCUT2D eigenvalue weighted by Gasteiger charge is 2.17. The Morgan fingerprint density at radius 2 is 1.86 bits per heavy atom. The van der Waals surface area contributed by atoms with E-state index in [0.717, 1.165) is 0 Å². The van der Waals surface area contributed by atoms with Crippen molar-refractivity contribution in [3.63, 3.8) is 0 Å². The highest BCUT2D eigenvalue weighted by atomic mass is 32.2. The van der Waals surface area contributed by atoms with E-state index in [0.29, 0.717) is 11.1 Å². The first kappa shape index (κ1) is 16.5. The van der Waals surface area contributed by atoms with Gasteiger partial charge in [-0.25, -0.2) is 4.39 Å². The van der Waals surface area contributed by atoms with Crippen molar-refractivity contribution in [1.29, 1.82) is 0 Å². The molecule has 0 spiro atoms. The highest BCUT2D eigenvalue weighted by molar-refractivity contribution is 7.84. The molecule has 0 radical (unpaired) electrons. The lowest BCUT2D eigenvalue weighted by Crippen LogP contribution is -2.08. The minimum Gasteiger partial charge on any atom is -0.435 e. The topological polar surface area (TPSA) is 26.3 Å². The van der Waals surface area contributed by atoms with Crippen LogP contribution in [0.5, 0.6) is 5.75 Å². The van der Waals surface area contributed by atoms with Crippen LogP contribution in [0.2, 0.25) is 0 Å². The Hall–Kier alpha value is -1.82. The van der Waals surface area contributed by atoms with Crippen LogP contribution >= 0.6 is 0 Å². The molecule has 0 aliphatic heterocycles. The maximum atomic E-state index is 13.7. The van der Waals surface area contributed by atoms with Crippen LogP contribution in [0.1, 0.15) is 23.3 Å². The van der Waals surface area contributed by atoms with E-state index in [2.05, 4.69) is 4.74 Å². The van der Waals surface area contributed by atoms with E-state index in [4.69, 9.17) is 0 Å². The van der Waals surface area contributed by atoms with Gasteiger partial charge in [0, 0.05) is 22.1 Å². The Labute approximate surface area is 129 Å². The minimum absolute atomic E-state index is 0.0167. The van der Waals surface area contributed by atoms with Gasteiger partial charge in [0.1, 0.15) is 11.6 Å². The van der Waals surface area contributed by atoms with Gasteiger partial charge in [-0.3, -0.25) is 4.21 Å². The Morgan fingerprint density at radius 1 is 1.14 bits per heavy atom. The normalized spacial score (nSPS) is 13.9. The third-order valence-corrected chi connectivity index (χ3v) is 4.83. The summed E-state index contributed by atoms with van der Waals surface area (Å²) in [5, 5.41) is -0.499. The zero-order valence-electron chi connectivity index (χ0n) is 11.8. The van der Waals surface area contributed by atoms with Gasteiger partial charge in [-0.2, -0.15) is 8.78 Å². The van der Waals surface area contributed by atoms with Crippen molar-refractivity contribution >= 4 is 10.8 Å². The molecule has 2 nitrogen and oxygen atoms in total. The summed E-state index contributed by atoms with van der Waals surface area (Å²) in [5.41, 5.74) is 0.973. The lowest BCUT2D eigenvalue weighted by Gasteiger charge is -2.13. The van der Waals surface area contributed by atoms with Gasteiger partial charge < -0.3 is 4.74 Å². The largest absolute Gasteiger partial charge is 0.435 e. The van der Waals surface area contributed by atoms with E-state index in [1.807, 2.05) is 0 Å². The summed E-state index contributed by atoms with van der Waals surface area (Å²) in [5.74, 6) is -0.253. The molecule has 0 heterocycles. The maximum absolute atomic E-state index is 13.7. The molecule has 2 aromatic rings. The molecule has 22 heavy (non-hydrogen) atoms. The molecule has 0 saturated carbocycles. The monoisotopic (exact) mass is 328 g/mol. The SMILES string of the molecule is CC(c1ccccc1F)S(=O)Cc1cccc(OC(F)F)c1. The van der Waals surface area contributed by atoms with Crippen molar-refractivity contribution in [2.45, 2.75) is 24.5 Å². The molecule has 0 N–H and O–H groups in total. The maximum Gasteiger partial charge on any atom is 0.387 e. The predicted octanol–water partition coefficient (Wildman–Crippen LogP) is 4.44. The van der Waals surface area contributed by atoms with Crippen LogP contribution < -0.4 is 4.74 Å². The van der Waals surface area contributed by atoms with E-state index in [1.54, 1.807) is 37.3 Å². The molecule has 2 atom stereocenters. The number of halogens is 3. The van der Waals surface area contributed by atoms with E-state index in [1.165, 1.54) is 18.2 Å². The molecule has 0 aliphatic carbocycles. The average molecular weight is 328 g/mol. The van der Waals surface area contributed by atoms with Crippen molar-refractivity contribution in [1.82, 2.24) is 0 Å². The summed E-state index contributed by atoms with van der Waals surface area (Å²) in [4.78, 5) is 0. The van der Waals surface area contributed by atoms with Crippen LogP contribution in [0.25, 0.3) is 0 Å². The average Bonchev–Trinajstić information content (AvgIpc) is 2.46. The van der Waals surface area contributed by atoms with Gasteiger partial charge >= 0.3 is 6.61 Å². The Morgan fingerprint density at radius 3 is 2.55 bits per heavy atom. The summed E-state index contributed by atoms with van der Waals surface area (Å²) in [6.07, 6.45) is 0. The second-order valence-electron chi connectivity index (χ2n) is 4.71. The number of alkyl halides is 2. The van der Waals surface area contributed by atoms with Crippen LogP contribution in [-0.2, 0) is 16.6 Å². The third-order valence-electron chi connectivity index (χ3n) is 3.17. The van der Waals surface area contributed by atoms with Crippen molar-refractivity contribution in [2.24, 2.45) is 0 Å². The molecule has 2 aromatic carbocycles. The first-order valence-corrected chi connectivity index (χ1v) is 8.01. The number of ether oxygens (including phenoxy) is 1. The quantitative estimate of drug-likeness (QED) is 0.784. The van der Waals surface area contributed by atoms with Gasteiger partial charge in [0.05, 0.1) is 5.25 Å². The standard InChI is InChI=1S/C16H15F3O2S/c1-11(14-7-2-3-8-15(14)17)22(20)10-12-5-4-6-13(9-12)21-16(18)19/h2-9,11,16H,10H2,1H3. The van der Waals surface area contributed by atoms with Crippen molar-refractivity contribution in [3.8, 4) is 5.75 Å². The minimum atomic E-state index is -2.90. The fourth-order valence-corrected chi connectivity index (χ4v) is 3.28.